The van der Waals surface area contributed by atoms with Gasteiger partial charge in [-0.1, -0.05) is 12.1 Å². The zero-order chi connectivity index (χ0) is 12.7. The zero-order valence-corrected chi connectivity index (χ0v) is 10.6. The number of benzene rings is 1. The van der Waals surface area contributed by atoms with Crippen molar-refractivity contribution in [3.05, 3.63) is 29.3 Å². The maximum absolute atomic E-state index is 9.03. The van der Waals surface area contributed by atoms with Crippen molar-refractivity contribution in [1.82, 2.24) is 4.90 Å². The van der Waals surface area contributed by atoms with Crippen molar-refractivity contribution in [2.24, 2.45) is 0 Å². The van der Waals surface area contributed by atoms with Gasteiger partial charge in [0.15, 0.2) is 0 Å². The lowest BCUT2D eigenvalue weighted by Gasteiger charge is -2.22. The van der Waals surface area contributed by atoms with Gasteiger partial charge in [-0.25, -0.2) is 0 Å². The summed E-state index contributed by atoms with van der Waals surface area (Å²) in [5, 5.41) is 9.03. The van der Waals surface area contributed by atoms with E-state index in [1.807, 2.05) is 19.1 Å². The summed E-state index contributed by atoms with van der Waals surface area (Å²) >= 11 is 0. The summed E-state index contributed by atoms with van der Waals surface area (Å²) in [5.74, 6) is 0. The van der Waals surface area contributed by atoms with Gasteiger partial charge in [0.2, 0.25) is 0 Å². The second-order valence-corrected chi connectivity index (χ2v) is 4.12. The van der Waals surface area contributed by atoms with Crippen LogP contribution in [0.2, 0.25) is 0 Å². The fourth-order valence-electron chi connectivity index (χ4n) is 1.75. The minimum atomic E-state index is 0.158. The zero-order valence-electron chi connectivity index (χ0n) is 10.6. The van der Waals surface area contributed by atoms with Crippen molar-refractivity contribution >= 4 is 5.69 Å². The number of hydrogen-bond acceptors (Lipinski definition) is 4. The molecule has 4 heteroatoms. The van der Waals surface area contributed by atoms with Crippen LogP contribution in [0.25, 0.3) is 0 Å². The van der Waals surface area contributed by atoms with Gasteiger partial charge in [0.05, 0.1) is 13.2 Å². The van der Waals surface area contributed by atoms with Crippen LogP contribution in [-0.4, -0.2) is 43.4 Å². The van der Waals surface area contributed by atoms with Crippen molar-refractivity contribution in [1.29, 1.82) is 0 Å². The Hall–Kier alpha value is -1.10. The summed E-state index contributed by atoms with van der Waals surface area (Å²) in [5.41, 5.74) is 9.02. The van der Waals surface area contributed by atoms with Crippen LogP contribution in [0.4, 0.5) is 5.69 Å². The van der Waals surface area contributed by atoms with E-state index in [0.717, 1.165) is 24.3 Å². The van der Waals surface area contributed by atoms with Crippen LogP contribution < -0.4 is 5.73 Å². The van der Waals surface area contributed by atoms with E-state index in [2.05, 4.69) is 11.0 Å². The first-order valence-electron chi connectivity index (χ1n) is 5.85. The molecule has 0 bridgehead atoms. The molecule has 0 fully saturated rings. The average Bonchev–Trinajstić information content (AvgIpc) is 2.32. The Morgan fingerprint density at radius 2 is 2.12 bits per heavy atom. The lowest BCUT2D eigenvalue weighted by Crippen LogP contribution is -2.30. The third-order valence-corrected chi connectivity index (χ3v) is 2.91. The number of aliphatic hydroxyl groups excluding tert-OH is 1. The van der Waals surface area contributed by atoms with E-state index < -0.39 is 0 Å². The molecule has 4 nitrogen and oxygen atoms in total. The highest BCUT2D eigenvalue weighted by Gasteiger charge is 2.08. The summed E-state index contributed by atoms with van der Waals surface area (Å²) in [4.78, 5) is 2.16. The van der Waals surface area contributed by atoms with Gasteiger partial charge >= 0.3 is 0 Å². The molecular formula is C13H22N2O2. The first kappa shape index (κ1) is 14.0. The molecule has 0 aliphatic carbocycles. The number of nitrogens with two attached hydrogens (primary N) is 1. The molecule has 0 spiro atoms. The largest absolute Gasteiger partial charge is 0.399 e. The van der Waals surface area contributed by atoms with Gasteiger partial charge < -0.3 is 15.6 Å². The smallest absolute Gasteiger partial charge is 0.0589 e. The first-order valence-corrected chi connectivity index (χ1v) is 5.85. The van der Waals surface area contributed by atoms with Gasteiger partial charge in [-0.15, -0.1) is 0 Å². The molecule has 1 rings (SSSR count). The highest BCUT2D eigenvalue weighted by molar-refractivity contribution is 5.49. The molecule has 0 aliphatic heterocycles. The molecule has 0 atom stereocenters. The Labute approximate surface area is 103 Å². The van der Waals surface area contributed by atoms with Gasteiger partial charge in [-0.05, 0) is 24.1 Å². The molecule has 0 radical (unpaired) electrons. The van der Waals surface area contributed by atoms with Crippen molar-refractivity contribution in [3.63, 3.8) is 0 Å². The van der Waals surface area contributed by atoms with E-state index >= 15 is 0 Å². The average molecular weight is 238 g/mol. The van der Waals surface area contributed by atoms with Crippen LogP contribution in [0, 0.1) is 6.92 Å². The van der Waals surface area contributed by atoms with E-state index in [1.165, 1.54) is 5.56 Å². The summed E-state index contributed by atoms with van der Waals surface area (Å²) in [6.07, 6.45) is 0. The van der Waals surface area contributed by atoms with Gasteiger partial charge in [-0.3, -0.25) is 4.90 Å². The van der Waals surface area contributed by atoms with Crippen molar-refractivity contribution < 1.29 is 9.84 Å². The number of anilines is 1. The molecular weight excluding hydrogens is 216 g/mol. The number of methoxy groups -OCH3 is 1. The number of rotatable bonds is 7. The molecule has 17 heavy (non-hydrogen) atoms. The molecule has 1 aromatic carbocycles. The van der Waals surface area contributed by atoms with Gasteiger partial charge in [0, 0.05) is 32.4 Å². The van der Waals surface area contributed by atoms with Crippen molar-refractivity contribution in [2.45, 2.75) is 13.5 Å². The summed E-state index contributed by atoms with van der Waals surface area (Å²) in [6.45, 7) is 5.11. The lowest BCUT2D eigenvalue weighted by atomic mass is 10.1. The normalized spacial score (nSPS) is 11.1. The molecule has 3 N–H and O–H groups in total. The summed E-state index contributed by atoms with van der Waals surface area (Å²) in [7, 11) is 1.68. The lowest BCUT2D eigenvalue weighted by molar-refractivity contribution is 0.127. The predicted octanol–water partition coefficient (Wildman–Crippen LogP) is 1.02. The highest BCUT2D eigenvalue weighted by Crippen LogP contribution is 2.17. The standard InChI is InChI=1S/C13H22N2O2/c1-11-12(4-3-5-13(11)14)10-15(6-8-16)7-9-17-2/h3-5,16H,6-10,14H2,1-2H3. The molecule has 96 valence electrons. The molecule has 0 unspecified atom stereocenters. The molecule has 0 aromatic heterocycles. The van der Waals surface area contributed by atoms with Gasteiger partial charge in [0.25, 0.3) is 0 Å². The fourth-order valence-corrected chi connectivity index (χ4v) is 1.75. The van der Waals surface area contributed by atoms with E-state index in [9.17, 15) is 0 Å². The van der Waals surface area contributed by atoms with Gasteiger partial charge in [0.1, 0.15) is 0 Å². The second kappa shape index (κ2) is 7.27. The van der Waals surface area contributed by atoms with E-state index in [1.54, 1.807) is 7.11 Å². The molecule has 0 saturated carbocycles. The predicted molar refractivity (Wildman–Crippen MR) is 69.8 cm³/mol. The minimum Gasteiger partial charge on any atom is -0.399 e. The Morgan fingerprint density at radius 3 is 2.76 bits per heavy atom. The number of ether oxygens (including phenoxy) is 1. The van der Waals surface area contributed by atoms with Crippen molar-refractivity contribution in [2.75, 3.05) is 39.1 Å². The second-order valence-electron chi connectivity index (χ2n) is 4.12. The number of nitrogen functional groups attached to an aromatic ring is 1. The maximum atomic E-state index is 9.03. The Bertz CT molecular complexity index is 342. The Balaban J connectivity index is 2.67. The molecule has 0 aliphatic rings. The molecule has 0 heterocycles. The SMILES string of the molecule is COCCN(CCO)Cc1cccc(N)c1C. The van der Waals surface area contributed by atoms with Crippen LogP contribution in [0.5, 0.6) is 0 Å². The molecule has 0 saturated heterocycles. The van der Waals surface area contributed by atoms with Crippen LogP contribution in [0.15, 0.2) is 18.2 Å². The molecule has 1 aromatic rings. The third-order valence-electron chi connectivity index (χ3n) is 2.91. The van der Waals surface area contributed by atoms with E-state index in [4.69, 9.17) is 15.6 Å². The third kappa shape index (κ3) is 4.34. The maximum Gasteiger partial charge on any atom is 0.0589 e. The van der Waals surface area contributed by atoms with Crippen LogP contribution in [-0.2, 0) is 11.3 Å². The molecule has 0 amide bonds. The number of aliphatic hydroxyl groups is 1. The Morgan fingerprint density at radius 1 is 1.35 bits per heavy atom. The van der Waals surface area contributed by atoms with Crippen LogP contribution >= 0.6 is 0 Å². The number of hydrogen-bond donors (Lipinski definition) is 2. The van der Waals surface area contributed by atoms with Crippen LogP contribution in [0.3, 0.4) is 0 Å². The van der Waals surface area contributed by atoms with E-state index in [0.29, 0.717) is 13.2 Å². The minimum absolute atomic E-state index is 0.158. The monoisotopic (exact) mass is 238 g/mol. The van der Waals surface area contributed by atoms with Crippen molar-refractivity contribution in [3.8, 4) is 0 Å². The quantitative estimate of drug-likeness (QED) is 0.696. The fraction of sp³-hybridized carbons (Fsp3) is 0.538. The summed E-state index contributed by atoms with van der Waals surface area (Å²) in [6, 6.07) is 5.94. The summed E-state index contributed by atoms with van der Waals surface area (Å²) < 4.78 is 5.06. The highest BCUT2D eigenvalue weighted by atomic mass is 16.5. The number of nitrogens with zero attached hydrogens (tertiary/aromatic N) is 1. The van der Waals surface area contributed by atoms with Gasteiger partial charge in [-0.2, -0.15) is 0 Å². The Kier molecular flexibility index (Phi) is 5.97. The first-order chi connectivity index (χ1) is 8.19. The van der Waals surface area contributed by atoms with E-state index in [-0.39, 0.29) is 6.61 Å². The topological polar surface area (TPSA) is 58.7 Å². The van der Waals surface area contributed by atoms with Crippen LogP contribution in [0.1, 0.15) is 11.1 Å².